The van der Waals surface area contributed by atoms with Crippen molar-refractivity contribution in [2.45, 2.75) is 44.7 Å². The van der Waals surface area contributed by atoms with Gasteiger partial charge in [0.05, 0.1) is 11.4 Å². The van der Waals surface area contributed by atoms with Gasteiger partial charge in [0.25, 0.3) is 0 Å². The van der Waals surface area contributed by atoms with Crippen LogP contribution in [0.2, 0.25) is 0 Å². The van der Waals surface area contributed by atoms with Crippen molar-refractivity contribution < 1.29 is 36.3 Å². The molecule has 9 nitrogen and oxygen atoms in total. The third-order valence-corrected chi connectivity index (χ3v) is 8.28. The van der Waals surface area contributed by atoms with E-state index in [0.717, 1.165) is 55.7 Å². The number of carboxylic acid groups (broad SMARTS) is 1. The molecule has 2 saturated heterocycles. The molecule has 0 radical (unpaired) electrons. The lowest BCUT2D eigenvalue weighted by atomic mass is 10.1. The van der Waals surface area contributed by atoms with Crippen LogP contribution >= 0.6 is 0 Å². The number of hydrogen-bond donors (Lipinski definition) is 2. The molecule has 0 spiro atoms. The predicted molar refractivity (Wildman–Crippen MR) is 128 cm³/mol. The van der Waals surface area contributed by atoms with E-state index in [1.807, 2.05) is 26.8 Å². The first-order valence-electron chi connectivity index (χ1n) is 11.8. The Labute approximate surface area is 210 Å². The lowest BCUT2D eigenvalue weighted by molar-refractivity contribution is -0.192. The number of hydrogen-bond acceptors (Lipinski definition) is 6. The number of aryl methyl sites for hydroxylation is 3. The number of nitrogens with one attached hydrogen (secondary N) is 1. The van der Waals surface area contributed by atoms with E-state index >= 15 is 0 Å². The average molecular weight is 537 g/mol. The van der Waals surface area contributed by atoms with Gasteiger partial charge in [-0.3, -0.25) is 4.79 Å². The topological polar surface area (TPSA) is 110 Å². The number of rotatable bonds is 7. The summed E-state index contributed by atoms with van der Waals surface area (Å²) in [6.45, 7) is 11.4. The average Bonchev–Trinajstić information content (AvgIpc) is 3.32. The number of alkyl halides is 3. The molecule has 2 heterocycles. The second-order valence-corrected chi connectivity index (χ2v) is 10.9. The number of carboxylic acids is 1. The number of aliphatic carboxylic acids is 1. The number of likely N-dealkylation sites (tertiary alicyclic amines) is 1. The molecule has 3 rings (SSSR count). The maximum atomic E-state index is 13.6. The fourth-order valence-electron chi connectivity index (χ4n) is 4.06. The van der Waals surface area contributed by atoms with Gasteiger partial charge in [-0.15, -0.1) is 0 Å². The molecule has 1 aromatic rings. The molecule has 2 aliphatic rings. The lowest BCUT2D eigenvalue weighted by Gasteiger charge is -2.31. The monoisotopic (exact) mass is 536 g/mol. The molecule has 0 atom stereocenters. The molecule has 0 saturated carbocycles. The number of carbonyl (C=O) groups excluding carboxylic acids is 1. The summed E-state index contributed by atoms with van der Waals surface area (Å²) >= 11 is 0. The number of benzene rings is 1. The molecule has 2 N–H and O–H groups in total. The van der Waals surface area contributed by atoms with Crippen LogP contribution in [0.15, 0.2) is 17.0 Å². The van der Waals surface area contributed by atoms with Crippen LogP contribution in [0.1, 0.15) is 29.5 Å². The Bertz CT molecular complexity index is 1020. The summed E-state index contributed by atoms with van der Waals surface area (Å²) in [7, 11) is -3.75. The predicted octanol–water partition coefficient (Wildman–Crippen LogP) is 1.76. The third kappa shape index (κ3) is 8.43. The van der Waals surface area contributed by atoms with Crippen molar-refractivity contribution in [3.63, 3.8) is 0 Å². The van der Waals surface area contributed by atoms with Crippen LogP contribution in [0.5, 0.6) is 0 Å². The fraction of sp³-hybridized carbons (Fsp3) is 0.652. The third-order valence-electron chi connectivity index (χ3n) is 6.30. The van der Waals surface area contributed by atoms with Gasteiger partial charge >= 0.3 is 12.1 Å². The molecule has 0 bridgehead atoms. The molecular formula is C23H35F3N4O5S. The van der Waals surface area contributed by atoms with E-state index < -0.39 is 22.2 Å². The maximum absolute atomic E-state index is 13.6. The Balaban J connectivity index is 0.000000572. The van der Waals surface area contributed by atoms with Crippen LogP contribution in [0.25, 0.3) is 0 Å². The standard InChI is InChI=1S/C21H34N4O3S.C2HF3O2/c1-17-14-19(3)20(15-18(17)2)29(27,28)25(13-12-23-8-4-5-9-23)16-21(26)24-10-6-22-7-11-24;3-2(4,5)1(6)7/h14-15,22H,4-13,16H2,1-3H3;(H,6,7). The molecular weight excluding hydrogens is 501 g/mol. The van der Waals surface area contributed by atoms with Crippen LogP contribution in [0.3, 0.4) is 0 Å². The van der Waals surface area contributed by atoms with E-state index in [2.05, 4.69) is 10.2 Å². The molecule has 1 amide bonds. The van der Waals surface area contributed by atoms with Gasteiger partial charge in [-0.25, -0.2) is 13.2 Å². The zero-order valence-corrected chi connectivity index (χ0v) is 21.7. The summed E-state index contributed by atoms with van der Waals surface area (Å²) in [4.78, 5) is 26.1. The summed E-state index contributed by atoms with van der Waals surface area (Å²) in [6.07, 6.45) is -2.77. The largest absolute Gasteiger partial charge is 0.490 e. The Morgan fingerprint density at radius 1 is 1.00 bits per heavy atom. The van der Waals surface area contributed by atoms with Crippen molar-refractivity contribution in [2.75, 3.05) is 58.9 Å². The minimum atomic E-state index is -5.08. The van der Waals surface area contributed by atoms with E-state index in [9.17, 15) is 26.4 Å². The quantitative estimate of drug-likeness (QED) is 0.547. The highest BCUT2D eigenvalue weighted by Crippen LogP contribution is 2.24. The van der Waals surface area contributed by atoms with Gasteiger partial charge in [0, 0.05) is 39.3 Å². The lowest BCUT2D eigenvalue weighted by Crippen LogP contribution is -2.51. The van der Waals surface area contributed by atoms with Crippen LogP contribution in [-0.4, -0.2) is 105 Å². The molecule has 0 aliphatic carbocycles. The Morgan fingerprint density at radius 2 is 1.53 bits per heavy atom. The van der Waals surface area contributed by atoms with Gasteiger partial charge in [-0.2, -0.15) is 17.5 Å². The van der Waals surface area contributed by atoms with Gasteiger partial charge in [0.2, 0.25) is 15.9 Å². The van der Waals surface area contributed by atoms with Crippen molar-refractivity contribution in [3.8, 4) is 0 Å². The summed E-state index contributed by atoms with van der Waals surface area (Å²) < 4.78 is 60.3. The normalized spacial score (nSPS) is 17.1. The van der Waals surface area contributed by atoms with Crippen LogP contribution in [0.4, 0.5) is 13.2 Å². The Morgan fingerprint density at radius 3 is 2.06 bits per heavy atom. The summed E-state index contributed by atoms with van der Waals surface area (Å²) in [6, 6.07) is 3.66. The highest BCUT2D eigenvalue weighted by molar-refractivity contribution is 7.89. The van der Waals surface area contributed by atoms with Crippen LogP contribution in [0, 0.1) is 20.8 Å². The maximum Gasteiger partial charge on any atom is 0.490 e. The van der Waals surface area contributed by atoms with Gasteiger partial charge in [0.15, 0.2) is 0 Å². The number of amides is 1. The van der Waals surface area contributed by atoms with Crippen molar-refractivity contribution in [2.24, 2.45) is 0 Å². The first-order valence-corrected chi connectivity index (χ1v) is 13.3. The highest BCUT2D eigenvalue weighted by Gasteiger charge is 2.38. The second kappa shape index (κ2) is 12.8. The smallest absolute Gasteiger partial charge is 0.475 e. The van der Waals surface area contributed by atoms with Gasteiger partial charge in [-0.1, -0.05) is 6.07 Å². The van der Waals surface area contributed by atoms with Crippen molar-refractivity contribution in [3.05, 3.63) is 28.8 Å². The van der Waals surface area contributed by atoms with E-state index in [-0.39, 0.29) is 12.5 Å². The van der Waals surface area contributed by atoms with Crippen LogP contribution < -0.4 is 5.32 Å². The second-order valence-electron chi connectivity index (χ2n) is 9.02. The molecule has 0 unspecified atom stereocenters. The summed E-state index contributed by atoms with van der Waals surface area (Å²) in [5.74, 6) is -2.87. The molecule has 204 valence electrons. The van der Waals surface area contributed by atoms with Gasteiger partial charge in [0.1, 0.15) is 0 Å². The molecule has 1 aromatic carbocycles. The van der Waals surface area contributed by atoms with Crippen molar-refractivity contribution in [1.29, 1.82) is 0 Å². The molecule has 13 heteroatoms. The van der Waals surface area contributed by atoms with Crippen molar-refractivity contribution in [1.82, 2.24) is 19.4 Å². The number of halogens is 3. The minimum absolute atomic E-state index is 0.0947. The minimum Gasteiger partial charge on any atom is -0.475 e. The number of carbonyl (C=O) groups is 2. The van der Waals surface area contributed by atoms with Gasteiger partial charge in [-0.05, 0) is 69.5 Å². The molecule has 36 heavy (non-hydrogen) atoms. The summed E-state index contributed by atoms with van der Waals surface area (Å²) in [5.41, 5.74) is 2.75. The number of nitrogens with zero attached hydrogens (tertiary/aromatic N) is 3. The highest BCUT2D eigenvalue weighted by atomic mass is 32.2. The number of sulfonamides is 1. The first kappa shape index (κ1) is 30.0. The van der Waals surface area contributed by atoms with E-state index in [1.54, 1.807) is 11.0 Å². The molecule has 2 fully saturated rings. The van der Waals surface area contributed by atoms with Gasteiger partial charge < -0.3 is 20.2 Å². The van der Waals surface area contributed by atoms with E-state index in [0.29, 0.717) is 31.1 Å². The molecule has 0 aromatic heterocycles. The van der Waals surface area contributed by atoms with Crippen molar-refractivity contribution >= 4 is 21.9 Å². The van der Waals surface area contributed by atoms with E-state index in [4.69, 9.17) is 9.90 Å². The zero-order valence-electron chi connectivity index (χ0n) is 20.9. The van der Waals surface area contributed by atoms with Crippen LogP contribution in [-0.2, 0) is 19.6 Å². The summed E-state index contributed by atoms with van der Waals surface area (Å²) in [5, 5.41) is 10.4. The first-order chi connectivity index (χ1) is 16.7. The SMILES string of the molecule is Cc1cc(C)c(S(=O)(=O)N(CCN2CCCC2)CC(=O)N2CCNCC2)cc1C.O=C(O)C(F)(F)F. The fourth-order valence-corrected chi connectivity index (χ4v) is 5.73. The molecule has 2 aliphatic heterocycles. The number of piperazine rings is 1. The van der Waals surface area contributed by atoms with E-state index in [1.165, 1.54) is 4.31 Å². The zero-order chi connectivity index (χ0) is 27.1. The Kier molecular flexibility index (Phi) is 10.7. The Hall–Kier alpha value is -2.22.